The second-order valence-electron chi connectivity index (χ2n) is 13.2. The van der Waals surface area contributed by atoms with E-state index in [9.17, 15) is 19.3 Å². The number of fused-ring (bicyclic) bond motifs is 4. The van der Waals surface area contributed by atoms with Gasteiger partial charge in [0, 0.05) is 42.7 Å². The summed E-state index contributed by atoms with van der Waals surface area (Å²) in [6.45, 7) is 11.3. The quantitative estimate of drug-likeness (QED) is 0.0553. The third-order valence-corrected chi connectivity index (χ3v) is 11.7. The Bertz CT molecular complexity index is 1540. The Labute approximate surface area is 284 Å². The molecule has 2 bridgehead atoms. The van der Waals surface area contributed by atoms with E-state index in [1.807, 2.05) is 60.8 Å². The van der Waals surface area contributed by atoms with E-state index in [1.165, 1.54) is 12.0 Å². The Morgan fingerprint density at radius 2 is 1.83 bits per heavy atom. The molecule has 260 valence electrons. The summed E-state index contributed by atoms with van der Waals surface area (Å²) < 4.78 is 23.8. The van der Waals surface area contributed by atoms with Crippen LogP contribution in [0.4, 0.5) is 0 Å². The number of aromatic nitrogens is 1. The van der Waals surface area contributed by atoms with Crippen molar-refractivity contribution in [2.45, 2.75) is 77.7 Å². The van der Waals surface area contributed by atoms with Gasteiger partial charge in [-0.3, -0.25) is 28.6 Å². The molecule has 0 amide bonds. The number of carbonyl (C=O) groups excluding carboxylic acids is 1. The van der Waals surface area contributed by atoms with Gasteiger partial charge in [-0.05, 0) is 73.7 Å². The highest BCUT2D eigenvalue weighted by Gasteiger charge is 2.42. The molecule has 0 saturated carbocycles. The molecule has 9 nitrogen and oxygen atoms in total. The number of ether oxygens (including phenoxy) is 1. The van der Waals surface area contributed by atoms with E-state index in [-0.39, 0.29) is 24.5 Å². The summed E-state index contributed by atoms with van der Waals surface area (Å²) >= 11 is 0. The number of piperidine rings is 3. The summed E-state index contributed by atoms with van der Waals surface area (Å²) in [4.78, 5) is 29.5. The number of esters is 1. The van der Waals surface area contributed by atoms with Crippen molar-refractivity contribution in [2.24, 2.45) is 17.8 Å². The number of aryl methyl sites for hydroxylation is 1. The van der Waals surface area contributed by atoms with Crippen LogP contribution in [0.2, 0.25) is 0 Å². The second-order valence-corrected chi connectivity index (χ2v) is 15.8. The molecule has 10 heteroatoms. The fraction of sp³-hybridized carbons (Fsp3) is 0.500. The van der Waals surface area contributed by atoms with E-state index in [0.717, 1.165) is 48.8 Å². The van der Waals surface area contributed by atoms with E-state index < -0.39 is 37.9 Å². The molecular formula is C38H51N2O7P. The van der Waals surface area contributed by atoms with Crippen LogP contribution in [0.5, 0.6) is 0 Å². The smallest absolute Gasteiger partial charge is 0.313 e. The SMILES string of the molecule is C=CC1CN2CCC1CC2C(O)c1ccnc2ccccc12.CCC(=O)OC(OP(=O)(CCCCc1ccccc1)CC(=O)O)C(C)C. The monoisotopic (exact) mass is 678 g/mol. The lowest BCUT2D eigenvalue weighted by Crippen LogP contribution is -2.54. The molecule has 3 fully saturated rings. The average molecular weight is 679 g/mol. The fourth-order valence-corrected chi connectivity index (χ4v) is 8.79. The molecule has 48 heavy (non-hydrogen) atoms. The molecule has 4 heterocycles. The summed E-state index contributed by atoms with van der Waals surface area (Å²) in [6.07, 6.45) is 6.70. The van der Waals surface area contributed by atoms with Crippen LogP contribution in [-0.4, -0.2) is 69.8 Å². The first kappa shape index (κ1) is 37.5. The number of aliphatic carboxylic acids is 1. The van der Waals surface area contributed by atoms with Crippen LogP contribution in [-0.2, 0) is 29.8 Å². The number of aliphatic hydroxyl groups is 1. The van der Waals surface area contributed by atoms with Crippen molar-refractivity contribution in [3.05, 3.63) is 90.6 Å². The maximum absolute atomic E-state index is 13.0. The number of hydrogen-bond acceptors (Lipinski definition) is 8. The van der Waals surface area contributed by atoms with Crippen molar-refractivity contribution in [3.63, 3.8) is 0 Å². The van der Waals surface area contributed by atoms with E-state index in [4.69, 9.17) is 14.4 Å². The molecule has 3 aliphatic rings. The first-order chi connectivity index (χ1) is 23.0. The van der Waals surface area contributed by atoms with E-state index in [0.29, 0.717) is 18.3 Å². The maximum atomic E-state index is 13.0. The second kappa shape index (κ2) is 17.9. The number of aliphatic hydroxyl groups excluding tert-OH is 1. The standard InChI is InChI=1S/C19H22N2O.C19H29O6P/c1-2-13-12-21-10-8-14(13)11-18(21)19(22)16-7-9-20-17-6-4-3-5-15(16)17;1-4-18(22)24-19(15(2)3)25-26(23,14-17(20)21)13-9-8-12-16-10-6-5-7-11-16/h2-7,9,13-14,18-19,22H,1,8,10-12H2;5-7,10-11,15,19H,4,8-9,12-14H2,1-3H3,(H,20,21). The highest BCUT2D eigenvalue weighted by atomic mass is 31.2. The van der Waals surface area contributed by atoms with Gasteiger partial charge in [0.2, 0.25) is 13.7 Å². The number of para-hydroxylation sites is 1. The van der Waals surface area contributed by atoms with Gasteiger partial charge in [0.1, 0.15) is 6.16 Å². The first-order valence-electron chi connectivity index (χ1n) is 17.1. The number of pyridine rings is 1. The van der Waals surface area contributed by atoms with Gasteiger partial charge in [-0.15, -0.1) is 6.58 Å². The number of unbranched alkanes of at least 4 members (excludes halogenated alkanes) is 1. The van der Waals surface area contributed by atoms with Crippen molar-refractivity contribution in [1.82, 2.24) is 9.88 Å². The largest absolute Gasteiger partial charge is 0.481 e. The Kier molecular flexibility index (Phi) is 13.9. The third-order valence-electron chi connectivity index (χ3n) is 9.33. The summed E-state index contributed by atoms with van der Waals surface area (Å²) in [6, 6.07) is 20.2. The molecule has 2 N–H and O–H groups in total. The normalized spacial score (nSPS) is 22.6. The van der Waals surface area contributed by atoms with Crippen molar-refractivity contribution < 1.29 is 33.6 Å². The Hall–Kier alpha value is -3.36. The molecule has 3 aliphatic heterocycles. The molecule has 0 spiro atoms. The van der Waals surface area contributed by atoms with Gasteiger partial charge < -0.3 is 14.9 Å². The summed E-state index contributed by atoms with van der Waals surface area (Å²) in [5.74, 6) is -0.603. The highest BCUT2D eigenvalue weighted by molar-refractivity contribution is 7.59. The number of hydrogen-bond donors (Lipinski definition) is 2. The van der Waals surface area contributed by atoms with Gasteiger partial charge in [-0.25, -0.2) is 0 Å². The minimum absolute atomic E-state index is 0.152. The molecular weight excluding hydrogens is 627 g/mol. The lowest BCUT2D eigenvalue weighted by Gasteiger charge is -2.50. The Balaban J connectivity index is 0.000000219. The average Bonchev–Trinajstić information content (AvgIpc) is 3.09. The van der Waals surface area contributed by atoms with Crippen LogP contribution < -0.4 is 0 Å². The molecule has 0 aliphatic carbocycles. The summed E-state index contributed by atoms with van der Waals surface area (Å²) in [5, 5.41) is 21.2. The lowest BCUT2D eigenvalue weighted by molar-refractivity contribution is -0.169. The minimum atomic E-state index is -3.45. The minimum Gasteiger partial charge on any atom is -0.481 e. The van der Waals surface area contributed by atoms with Gasteiger partial charge >= 0.3 is 11.9 Å². The maximum Gasteiger partial charge on any atom is 0.313 e. The van der Waals surface area contributed by atoms with Crippen LogP contribution in [0, 0.1) is 17.8 Å². The lowest BCUT2D eigenvalue weighted by atomic mass is 9.73. The highest BCUT2D eigenvalue weighted by Crippen LogP contribution is 2.50. The molecule has 7 atom stereocenters. The van der Waals surface area contributed by atoms with Crippen LogP contribution >= 0.6 is 7.37 Å². The molecule has 3 saturated heterocycles. The number of carboxylic acids is 1. The molecule has 0 radical (unpaired) electrons. The van der Waals surface area contributed by atoms with E-state index in [1.54, 1.807) is 20.8 Å². The molecule has 6 rings (SSSR count). The van der Waals surface area contributed by atoms with Crippen LogP contribution in [0.3, 0.4) is 0 Å². The molecule has 1 aromatic heterocycles. The number of carbonyl (C=O) groups is 2. The number of rotatable bonds is 15. The summed E-state index contributed by atoms with van der Waals surface area (Å²) in [5.41, 5.74) is 3.15. The van der Waals surface area contributed by atoms with Gasteiger partial charge in [-0.2, -0.15) is 0 Å². The first-order valence-corrected chi connectivity index (χ1v) is 19.1. The number of benzene rings is 2. The van der Waals surface area contributed by atoms with E-state index in [2.05, 4.69) is 28.6 Å². The molecule has 2 aromatic carbocycles. The van der Waals surface area contributed by atoms with Crippen molar-refractivity contribution in [2.75, 3.05) is 25.4 Å². The van der Waals surface area contributed by atoms with Gasteiger partial charge in [0.05, 0.1) is 11.6 Å². The van der Waals surface area contributed by atoms with Gasteiger partial charge in [0.15, 0.2) is 0 Å². The zero-order chi connectivity index (χ0) is 34.7. The predicted molar refractivity (Wildman–Crippen MR) is 189 cm³/mol. The van der Waals surface area contributed by atoms with Crippen molar-refractivity contribution in [3.8, 4) is 0 Å². The molecule has 7 unspecified atom stereocenters. The summed E-state index contributed by atoms with van der Waals surface area (Å²) in [7, 11) is -3.45. The van der Waals surface area contributed by atoms with Crippen LogP contribution in [0.15, 0.2) is 79.5 Å². The zero-order valence-electron chi connectivity index (χ0n) is 28.4. The topological polar surface area (TPSA) is 126 Å². The molecule has 3 aromatic rings. The van der Waals surface area contributed by atoms with Gasteiger partial charge in [-0.1, -0.05) is 75.4 Å². The van der Waals surface area contributed by atoms with Gasteiger partial charge in [0.25, 0.3) is 0 Å². The van der Waals surface area contributed by atoms with Crippen molar-refractivity contribution in [1.29, 1.82) is 0 Å². The van der Waals surface area contributed by atoms with E-state index >= 15 is 0 Å². The van der Waals surface area contributed by atoms with Crippen LogP contribution in [0.25, 0.3) is 10.9 Å². The third kappa shape index (κ3) is 10.3. The Morgan fingerprint density at radius 1 is 1.10 bits per heavy atom. The number of nitrogens with zero attached hydrogens (tertiary/aromatic N) is 2. The van der Waals surface area contributed by atoms with Crippen LogP contribution in [0.1, 0.15) is 70.1 Å². The van der Waals surface area contributed by atoms with Crippen molar-refractivity contribution >= 4 is 30.2 Å². The zero-order valence-corrected chi connectivity index (χ0v) is 29.3. The predicted octanol–water partition coefficient (Wildman–Crippen LogP) is 7.49. The Morgan fingerprint density at radius 3 is 2.48 bits per heavy atom. The number of carboxylic acid groups (broad SMARTS) is 1. The fourth-order valence-electron chi connectivity index (χ4n) is 6.67.